The summed E-state index contributed by atoms with van der Waals surface area (Å²) in [4.78, 5) is 0. The molecular weight excluding hydrogens is 270 g/mol. The van der Waals surface area contributed by atoms with Crippen LogP contribution in [0.25, 0.3) is 0 Å². The Kier molecular flexibility index (Phi) is 3.12. The predicted molar refractivity (Wildman–Crippen MR) is 93.7 cm³/mol. The van der Waals surface area contributed by atoms with Crippen molar-refractivity contribution in [3.8, 4) is 0 Å². The SMILES string of the molecule is [B][P+](C1=CC2CC=C1C2)(c1ccccc1)c1ccccc1. The van der Waals surface area contributed by atoms with Crippen LogP contribution in [0.1, 0.15) is 12.8 Å². The fourth-order valence-corrected chi connectivity index (χ4v) is 6.73. The molecule has 2 aliphatic carbocycles. The first-order chi connectivity index (χ1) is 10.3. The molecule has 2 heteroatoms. The first kappa shape index (κ1) is 13.1. The van der Waals surface area contributed by atoms with Gasteiger partial charge < -0.3 is 0 Å². The minimum Gasteiger partial charge on any atom is -0.0768 e. The molecule has 0 N–H and O–H groups in total. The van der Waals surface area contributed by atoms with Crippen LogP contribution in [0.5, 0.6) is 0 Å². The summed E-state index contributed by atoms with van der Waals surface area (Å²) in [5, 5.41) is 3.96. The molecule has 2 aromatic carbocycles. The summed E-state index contributed by atoms with van der Waals surface area (Å²) >= 11 is 0. The molecule has 0 heterocycles. The predicted octanol–water partition coefficient (Wildman–Crippen LogP) is 3.97. The molecule has 0 aliphatic heterocycles. The summed E-state index contributed by atoms with van der Waals surface area (Å²) in [5.74, 6) is 0.686. The lowest BCUT2D eigenvalue weighted by Gasteiger charge is -2.26. The highest BCUT2D eigenvalue weighted by molar-refractivity contribution is 8.11. The highest BCUT2D eigenvalue weighted by Gasteiger charge is 2.47. The zero-order valence-electron chi connectivity index (χ0n) is 11.9. The molecule has 100 valence electrons. The Morgan fingerprint density at radius 1 is 0.857 bits per heavy atom. The van der Waals surface area contributed by atoms with Gasteiger partial charge in [0.2, 0.25) is 0 Å². The normalized spacial score (nSPS) is 20.3. The van der Waals surface area contributed by atoms with Crippen LogP contribution in [0.2, 0.25) is 0 Å². The average molecular weight is 287 g/mol. The van der Waals surface area contributed by atoms with E-state index in [0.717, 1.165) is 0 Å². The maximum Gasteiger partial charge on any atom is 0.383 e. The molecule has 0 nitrogen and oxygen atoms in total. The highest BCUT2D eigenvalue weighted by Crippen LogP contribution is 2.65. The van der Waals surface area contributed by atoms with Gasteiger partial charge in [-0.3, -0.25) is 0 Å². The lowest BCUT2D eigenvalue weighted by atomic mass is 10.1. The smallest absolute Gasteiger partial charge is 0.0768 e. The summed E-state index contributed by atoms with van der Waals surface area (Å²) in [6, 6.07) is 21.3. The van der Waals surface area contributed by atoms with Crippen molar-refractivity contribution < 1.29 is 0 Å². The van der Waals surface area contributed by atoms with Crippen LogP contribution in [0.15, 0.2) is 83.7 Å². The van der Waals surface area contributed by atoms with Gasteiger partial charge in [0.1, 0.15) is 0 Å². The maximum atomic E-state index is 7.13. The van der Waals surface area contributed by atoms with Crippen LogP contribution in [-0.2, 0) is 0 Å². The van der Waals surface area contributed by atoms with Gasteiger partial charge in [-0.15, -0.1) is 0 Å². The van der Waals surface area contributed by atoms with Crippen molar-refractivity contribution in [2.24, 2.45) is 5.92 Å². The number of rotatable bonds is 3. The van der Waals surface area contributed by atoms with Crippen LogP contribution in [0, 0.1) is 5.92 Å². The molecule has 4 rings (SSSR count). The fraction of sp³-hybridized carbons (Fsp3) is 0.158. The summed E-state index contributed by atoms with van der Waals surface area (Å²) in [5.41, 5.74) is 1.49. The first-order valence-electron chi connectivity index (χ1n) is 7.49. The molecule has 2 aromatic rings. The van der Waals surface area contributed by atoms with E-state index < -0.39 is 7.14 Å². The van der Waals surface area contributed by atoms with Crippen LogP contribution in [0.4, 0.5) is 0 Å². The molecule has 1 unspecified atom stereocenters. The van der Waals surface area contributed by atoms with Crippen molar-refractivity contribution in [2.75, 3.05) is 0 Å². The second-order valence-corrected chi connectivity index (χ2v) is 8.84. The summed E-state index contributed by atoms with van der Waals surface area (Å²) in [6.45, 7) is 0. The number of benzene rings is 2. The van der Waals surface area contributed by atoms with E-state index in [4.69, 9.17) is 7.57 Å². The van der Waals surface area contributed by atoms with E-state index in [1.54, 1.807) is 0 Å². The second-order valence-electron chi connectivity index (χ2n) is 5.87. The molecule has 0 amide bonds. The molecule has 0 spiro atoms. The summed E-state index contributed by atoms with van der Waals surface area (Å²) in [6.07, 6.45) is 7.23. The van der Waals surface area contributed by atoms with Gasteiger partial charge in [-0.05, 0) is 54.7 Å². The van der Waals surface area contributed by atoms with Crippen LogP contribution in [-0.4, -0.2) is 7.57 Å². The topological polar surface area (TPSA) is 0 Å². The van der Waals surface area contributed by atoms with Crippen molar-refractivity contribution in [1.82, 2.24) is 0 Å². The minimum absolute atomic E-state index is 0.686. The molecule has 0 aromatic heterocycles. The van der Waals surface area contributed by atoms with Crippen LogP contribution < -0.4 is 10.6 Å². The maximum absolute atomic E-state index is 7.13. The van der Waals surface area contributed by atoms with Gasteiger partial charge in [-0.2, -0.15) is 0 Å². The number of allylic oxidation sites excluding steroid dienone is 4. The van der Waals surface area contributed by atoms with E-state index in [1.165, 1.54) is 34.3 Å². The molecule has 2 aliphatic rings. The van der Waals surface area contributed by atoms with Gasteiger partial charge in [0.05, 0.1) is 23.1 Å². The van der Waals surface area contributed by atoms with E-state index in [1.807, 2.05) is 0 Å². The van der Waals surface area contributed by atoms with E-state index >= 15 is 0 Å². The molecule has 0 saturated carbocycles. The molecule has 1 atom stereocenters. The summed E-state index contributed by atoms with van der Waals surface area (Å²) < 4.78 is 0. The van der Waals surface area contributed by atoms with E-state index in [2.05, 4.69) is 72.8 Å². The van der Waals surface area contributed by atoms with Crippen LogP contribution in [0.3, 0.4) is 0 Å². The van der Waals surface area contributed by atoms with Gasteiger partial charge in [0.15, 0.2) is 0 Å². The standard InChI is InChI=1S/C19H17BP/c20-21(17-7-3-1-4-8-17,18-9-5-2-6-10-18)19-14-15-11-12-16(19)13-15/h1-10,12,14-15H,11,13H2/q+1. The Morgan fingerprint density at radius 3 is 1.86 bits per heavy atom. The van der Waals surface area contributed by atoms with Crippen molar-refractivity contribution >= 4 is 25.3 Å². The van der Waals surface area contributed by atoms with Gasteiger partial charge in [0, 0.05) is 0 Å². The van der Waals surface area contributed by atoms with Crippen molar-refractivity contribution in [1.29, 1.82) is 0 Å². The van der Waals surface area contributed by atoms with Gasteiger partial charge in [-0.1, -0.05) is 42.5 Å². The molecule has 21 heavy (non-hydrogen) atoms. The fourth-order valence-electron chi connectivity index (χ4n) is 3.51. The zero-order valence-corrected chi connectivity index (χ0v) is 12.8. The summed E-state index contributed by atoms with van der Waals surface area (Å²) in [7, 11) is 5.16. The number of hydrogen-bond acceptors (Lipinski definition) is 0. The number of fused-ring (bicyclic) bond motifs is 2. The van der Waals surface area contributed by atoms with Gasteiger partial charge >= 0.3 is 7.57 Å². The highest BCUT2D eigenvalue weighted by atomic mass is 31.2. The monoisotopic (exact) mass is 287 g/mol. The third-order valence-corrected chi connectivity index (χ3v) is 8.00. The Hall–Kier alpha value is -1.59. The number of hydrogen-bond donors (Lipinski definition) is 0. The average Bonchev–Trinajstić information content (AvgIpc) is 3.19. The second kappa shape index (κ2) is 5.00. The Balaban J connectivity index is 1.92. The van der Waals surface area contributed by atoms with Crippen molar-refractivity contribution in [3.05, 3.63) is 83.7 Å². The van der Waals surface area contributed by atoms with Crippen molar-refractivity contribution in [3.63, 3.8) is 0 Å². The molecule has 0 saturated heterocycles. The van der Waals surface area contributed by atoms with E-state index in [-0.39, 0.29) is 0 Å². The zero-order chi connectivity index (χ0) is 14.3. The lowest BCUT2D eigenvalue weighted by Crippen LogP contribution is -2.24. The van der Waals surface area contributed by atoms with Gasteiger partial charge in [0.25, 0.3) is 0 Å². The van der Waals surface area contributed by atoms with Crippen LogP contribution >= 0.6 is 7.14 Å². The quantitative estimate of drug-likeness (QED) is 0.592. The lowest BCUT2D eigenvalue weighted by molar-refractivity contribution is 0.729. The Bertz CT molecular complexity index is 676. The first-order valence-corrected chi connectivity index (χ1v) is 9.35. The molecule has 2 radical (unpaired) electrons. The van der Waals surface area contributed by atoms with E-state index in [9.17, 15) is 0 Å². The third-order valence-electron chi connectivity index (χ3n) is 4.58. The Labute approximate surface area is 128 Å². The largest absolute Gasteiger partial charge is 0.383 e. The molecule has 2 bridgehead atoms. The minimum atomic E-state index is -1.97. The van der Waals surface area contributed by atoms with E-state index in [0.29, 0.717) is 5.92 Å². The van der Waals surface area contributed by atoms with Gasteiger partial charge in [-0.25, -0.2) is 0 Å². The molecule has 0 fully saturated rings. The third kappa shape index (κ3) is 2.03. The van der Waals surface area contributed by atoms with Crippen molar-refractivity contribution in [2.45, 2.75) is 12.8 Å². The Morgan fingerprint density at radius 2 is 1.43 bits per heavy atom. The molecular formula is C19H17BP+.